The fourth-order valence-corrected chi connectivity index (χ4v) is 4.27. The summed E-state index contributed by atoms with van der Waals surface area (Å²) < 4.78 is 0. The zero-order valence-corrected chi connectivity index (χ0v) is 17.8. The summed E-state index contributed by atoms with van der Waals surface area (Å²) in [5.41, 5.74) is 4.72. The van der Waals surface area contributed by atoms with E-state index in [2.05, 4.69) is 42.3 Å². The number of hydrogen-bond acceptors (Lipinski definition) is 2. The van der Waals surface area contributed by atoms with Crippen LogP contribution in [0.4, 0.5) is 0 Å². The molecule has 0 aliphatic heterocycles. The molecule has 0 heterocycles. The maximum atomic E-state index is 12.3. The summed E-state index contributed by atoms with van der Waals surface area (Å²) in [6.45, 7) is 7.48. The smallest absolute Gasteiger partial charge is 0.251 e. The molecule has 28 heavy (non-hydrogen) atoms. The molecular formula is C24H31ClN2O. The molecule has 1 aliphatic rings. The molecule has 1 atom stereocenters. The molecule has 2 aromatic rings. The zero-order chi connectivity index (χ0) is 19.9. The highest BCUT2D eigenvalue weighted by Crippen LogP contribution is 2.26. The van der Waals surface area contributed by atoms with Crippen LogP contribution in [0.3, 0.4) is 0 Å². The minimum atomic E-state index is -0.0655. The SMILES string of the molecule is CCCN(CCC)C1CCc2cc(CNC(=O)c3ccc(Cl)cc3)ccc2C1. The first kappa shape index (κ1) is 20.9. The summed E-state index contributed by atoms with van der Waals surface area (Å²) in [6, 6.07) is 14.4. The molecule has 1 aliphatic carbocycles. The van der Waals surface area contributed by atoms with Gasteiger partial charge in [-0.3, -0.25) is 4.79 Å². The molecule has 0 spiro atoms. The molecule has 1 amide bonds. The van der Waals surface area contributed by atoms with Crippen LogP contribution in [-0.2, 0) is 19.4 Å². The Balaban J connectivity index is 1.60. The van der Waals surface area contributed by atoms with Crippen LogP contribution in [0.25, 0.3) is 0 Å². The number of carbonyl (C=O) groups excluding carboxylic acids is 1. The standard InChI is InChI=1S/C24H31ClN2O/c1-3-13-27(14-4-2)23-12-9-20-15-18(5-6-21(20)16-23)17-26-24(28)19-7-10-22(25)11-8-19/h5-8,10-11,15,23H,3-4,9,12-14,16-17H2,1-2H3,(H,26,28). The number of halogens is 1. The van der Waals surface area contributed by atoms with E-state index in [1.807, 2.05) is 0 Å². The fraction of sp³-hybridized carbons (Fsp3) is 0.458. The topological polar surface area (TPSA) is 32.3 Å². The fourth-order valence-electron chi connectivity index (χ4n) is 4.15. The highest BCUT2D eigenvalue weighted by atomic mass is 35.5. The van der Waals surface area contributed by atoms with E-state index in [1.165, 1.54) is 49.0 Å². The Bertz CT molecular complexity index is 782. The Morgan fingerprint density at radius 2 is 1.79 bits per heavy atom. The van der Waals surface area contributed by atoms with Crippen molar-refractivity contribution in [2.75, 3.05) is 13.1 Å². The van der Waals surface area contributed by atoms with Gasteiger partial charge >= 0.3 is 0 Å². The lowest BCUT2D eigenvalue weighted by atomic mass is 9.86. The van der Waals surface area contributed by atoms with Crippen LogP contribution in [-0.4, -0.2) is 29.9 Å². The molecule has 0 aromatic heterocycles. The highest BCUT2D eigenvalue weighted by Gasteiger charge is 2.23. The largest absolute Gasteiger partial charge is 0.348 e. The summed E-state index contributed by atoms with van der Waals surface area (Å²) in [6.07, 6.45) is 5.94. The Morgan fingerprint density at radius 1 is 1.07 bits per heavy atom. The lowest BCUT2D eigenvalue weighted by Gasteiger charge is -2.35. The molecule has 4 heteroatoms. The first-order chi connectivity index (χ1) is 13.6. The van der Waals surface area contributed by atoms with Gasteiger partial charge in [0.1, 0.15) is 0 Å². The Labute approximate surface area is 174 Å². The van der Waals surface area contributed by atoms with Crippen LogP contribution in [0, 0.1) is 0 Å². The molecule has 0 bridgehead atoms. The number of fused-ring (bicyclic) bond motifs is 1. The van der Waals surface area contributed by atoms with Gasteiger partial charge in [-0.05, 0) is 86.1 Å². The van der Waals surface area contributed by atoms with Crippen molar-refractivity contribution >= 4 is 17.5 Å². The lowest BCUT2D eigenvalue weighted by molar-refractivity contribution is 0.0951. The van der Waals surface area contributed by atoms with Crippen molar-refractivity contribution in [3.63, 3.8) is 0 Å². The third kappa shape index (κ3) is 5.36. The van der Waals surface area contributed by atoms with Gasteiger partial charge in [-0.15, -0.1) is 0 Å². The maximum absolute atomic E-state index is 12.3. The summed E-state index contributed by atoms with van der Waals surface area (Å²) in [5.74, 6) is -0.0655. The van der Waals surface area contributed by atoms with Gasteiger partial charge in [0.15, 0.2) is 0 Å². The third-order valence-corrected chi connectivity index (χ3v) is 5.82. The van der Waals surface area contributed by atoms with Crippen molar-refractivity contribution in [3.05, 3.63) is 69.7 Å². The Morgan fingerprint density at radius 3 is 2.46 bits per heavy atom. The summed E-state index contributed by atoms with van der Waals surface area (Å²) in [4.78, 5) is 15.0. The molecule has 0 saturated heterocycles. The van der Waals surface area contributed by atoms with E-state index in [1.54, 1.807) is 24.3 Å². The van der Waals surface area contributed by atoms with E-state index in [4.69, 9.17) is 11.6 Å². The predicted molar refractivity (Wildman–Crippen MR) is 117 cm³/mol. The second-order valence-electron chi connectivity index (χ2n) is 7.73. The van der Waals surface area contributed by atoms with Crippen LogP contribution in [0.5, 0.6) is 0 Å². The van der Waals surface area contributed by atoms with Crippen molar-refractivity contribution in [3.8, 4) is 0 Å². The number of aryl methyl sites for hydroxylation is 1. The Hall–Kier alpha value is -1.84. The van der Waals surface area contributed by atoms with E-state index < -0.39 is 0 Å². The van der Waals surface area contributed by atoms with Gasteiger partial charge in [0.2, 0.25) is 0 Å². The number of benzene rings is 2. The molecule has 3 rings (SSSR count). The van der Waals surface area contributed by atoms with Crippen molar-refractivity contribution < 1.29 is 4.79 Å². The van der Waals surface area contributed by atoms with Gasteiger partial charge in [-0.2, -0.15) is 0 Å². The van der Waals surface area contributed by atoms with E-state index in [0.29, 0.717) is 23.2 Å². The molecule has 1 N–H and O–H groups in total. The number of amides is 1. The Kier molecular flexibility index (Phi) is 7.52. The zero-order valence-electron chi connectivity index (χ0n) is 17.0. The van der Waals surface area contributed by atoms with Crippen molar-refractivity contribution in [1.82, 2.24) is 10.2 Å². The van der Waals surface area contributed by atoms with Gasteiger partial charge in [-0.1, -0.05) is 43.6 Å². The average Bonchev–Trinajstić information content (AvgIpc) is 2.72. The minimum Gasteiger partial charge on any atom is -0.348 e. The number of hydrogen-bond donors (Lipinski definition) is 1. The highest BCUT2D eigenvalue weighted by molar-refractivity contribution is 6.30. The molecule has 0 saturated carbocycles. The maximum Gasteiger partial charge on any atom is 0.251 e. The minimum absolute atomic E-state index is 0.0655. The van der Waals surface area contributed by atoms with Gasteiger partial charge < -0.3 is 10.2 Å². The quantitative estimate of drug-likeness (QED) is 0.658. The summed E-state index contributed by atoms with van der Waals surface area (Å²) in [7, 11) is 0. The van der Waals surface area contributed by atoms with Gasteiger partial charge in [-0.25, -0.2) is 0 Å². The summed E-state index contributed by atoms with van der Waals surface area (Å²) >= 11 is 5.89. The molecule has 2 aromatic carbocycles. The van der Waals surface area contributed by atoms with Crippen molar-refractivity contribution in [2.24, 2.45) is 0 Å². The first-order valence-electron chi connectivity index (χ1n) is 10.5. The van der Waals surface area contributed by atoms with E-state index >= 15 is 0 Å². The third-order valence-electron chi connectivity index (χ3n) is 5.57. The van der Waals surface area contributed by atoms with Crippen molar-refractivity contribution in [1.29, 1.82) is 0 Å². The van der Waals surface area contributed by atoms with E-state index in [-0.39, 0.29) is 5.91 Å². The predicted octanol–water partition coefficient (Wildman–Crippen LogP) is 5.25. The first-order valence-corrected chi connectivity index (χ1v) is 10.9. The number of carbonyl (C=O) groups is 1. The molecular weight excluding hydrogens is 368 g/mol. The van der Waals surface area contributed by atoms with E-state index in [0.717, 1.165) is 12.8 Å². The molecule has 0 fully saturated rings. The van der Waals surface area contributed by atoms with Crippen LogP contribution >= 0.6 is 11.6 Å². The van der Waals surface area contributed by atoms with Crippen LogP contribution < -0.4 is 5.32 Å². The van der Waals surface area contributed by atoms with E-state index in [9.17, 15) is 4.79 Å². The molecule has 150 valence electrons. The van der Waals surface area contributed by atoms with Crippen molar-refractivity contribution in [2.45, 2.75) is 58.5 Å². The molecule has 3 nitrogen and oxygen atoms in total. The number of nitrogens with zero attached hydrogens (tertiary/aromatic N) is 1. The number of nitrogens with one attached hydrogen (secondary N) is 1. The van der Waals surface area contributed by atoms with Gasteiger partial charge in [0, 0.05) is 23.2 Å². The van der Waals surface area contributed by atoms with Gasteiger partial charge in [0.25, 0.3) is 5.91 Å². The monoisotopic (exact) mass is 398 g/mol. The summed E-state index contributed by atoms with van der Waals surface area (Å²) in [5, 5.41) is 3.65. The molecule has 0 radical (unpaired) electrons. The van der Waals surface area contributed by atoms with Gasteiger partial charge in [0.05, 0.1) is 0 Å². The van der Waals surface area contributed by atoms with Crippen LogP contribution in [0.2, 0.25) is 5.02 Å². The average molecular weight is 399 g/mol. The lowest BCUT2D eigenvalue weighted by Crippen LogP contribution is -2.40. The second kappa shape index (κ2) is 10.1. The number of rotatable bonds is 8. The second-order valence-corrected chi connectivity index (χ2v) is 8.16. The van der Waals surface area contributed by atoms with Crippen LogP contribution in [0.15, 0.2) is 42.5 Å². The van der Waals surface area contributed by atoms with Crippen LogP contribution in [0.1, 0.15) is 60.2 Å². The normalized spacial score (nSPS) is 16.1. The molecule has 1 unspecified atom stereocenters.